The number of rotatable bonds is 3. The number of hydrogen-bond acceptors (Lipinski definition) is 5. The maximum absolute atomic E-state index is 12.3. The molecule has 2 heterocycles. The van der Waals surface area contributed by atoms with Crippen LogP contribution >= 0.6 is 11.6 Å². The van der Waals surface area contributed by atoms with Crippen molar-refractivity contribution >= 4 is 17.7 Å². The van der Waals surface area contributed by atoms with E-state index >= 15 is 0 Å². The fourth-order valence-electron chi connectivity index (χ4n) is 3.26. The van der Waals surface area contributed by atoms with E-state index in [2.05, 4.69) is 16.3 Å². The molecule has 0 radical (unpaired) electrons. The first-order valence-corrected chi connectivity index (χ1v) is 8.94. The molecule has 0 unspecified atom stereocenters. The van der Waals surface area contributed by atoms with Gasteiger partial charge in [0.1, 0.15) is 5.75 Å². The molecule has 26 heavy (non-hydrogen) atoms. The average Bonchev–Trinajstić information content (AvgIpc) is 3.30. The minimum absolute atomic E-state index is 0.134. The molecule has 0 fully saturated rings. The van der Waals surface area contributed by atoms with Crippen LogP contribution in [0.4, 0.5) is 4.79 Å². The van der Waals surface area contributed by atoms with E-state index < -0.39 is 6.09 Å². The lowest BCUT2D eigenvalue weighted by molar-refractivity contribution is 0.163. The molecule has 0 saturated heterocycles. The van der Waals surface area contributed by atoms with Gasteiger partial charge < -0.3 is 14.4 Å². The first kappa shape index (κ1) is 16.8. The zero-order valence-corrected chi connectivity index (χ0v) is 15.1. The molecular formula is C19H18ClN3O3. The number of benzene rings is 1. The van der Waals surface area contributed by atoms with Gasteiger partial charge in [0.25, 0.3) is 5.88 Å². The molecular weight excluding hydrogens is 354 g/mol. The molecule has 1 aromatic heterocycles. The molecule has 6 nitrogen and oxygen atoms in total. The van der Waals surface area contributed by atoms with E-state index in [0.29, 0.717) is 13.1 Å². The molecule has 0 bridgehead atoms. The highest BCUT2D eigenvalue weighted by Crippen LogP contribution is 2.38. The van der Waals surface area contributed by atoms with Crippen LogP contribution in [0.1, 0.15) is 23.1 Å². The minimum atomic E-state index is -0.473. The lowest BCUT2D eigenvalue weighted by Crippen LogP contribution is -2.31. The van der Waals surface area contributed by atoms with E-state index in [1.165, 1.54) is 17.2 Å². The van der Waals surface area contributed by atoms with Gasteiger partial charge in [-0.2, -0.15) is 0 Å². The Morgan fingerprint density at radius 2 is 2.00 bits per heavy atom. The Morgan fingerprint density at radius 3 is 2.81 bits per heavy atom. The smallest absolute Gasteiger partial charge is 0.415 e. The van der Waals surface area contributed by atoms with Gasteiger partial charge in [-0.15, -0.1) is 10.2 Å². The second-order valence-electron chi connectivity index (χ2n) is 6.39. The lowest BCUT2D eigenvalue weighted by atomic mass is 10.1. The maximum atomic E-state index is 12.3. The molecule has 7 heteroatoms. The predicted molar refractivity (Wildman–Crippen MR) is 97.1 cm³/mol. The van der Waals surface area contributed by atoms with Crippen LogP contribution in [0.25, 0.3) is 0 Å². The van der Waals surface area contributed by atoms with Crippen molar-refractivity contribution in [2.24, 2.45) is 0 Å². The van der Waals surface area contributed by atoms with Gasteiger partial charge in [-0.05, 0) is 42.9 Å². The monoisotopic (exact) mass is 371 g/mol. The third-order valence-corrected chi connectivity index (χ3v) is 4.78. The summed E-state index contributed by atoms with van der Waals surface area (Å²) in [5.74, 6) is 1.06. The van der Waals surface area contributed by atoms with Crippen LogP contribution in [0.15, 0.2) is 30.4 Å². The molecule has 134 valence electrons. The van der Waals surface area contributed by atoms with Gasteiger partial charge in [0, 0.05) is 19.2 Å². The molecule has 1 aliphatic heterocycles. The summed E-state index contributed by atoms with van der Waals surface area (Å²) in [4.78, 5) is 13.9. The van der Waals surface area contributed by atoms with Crippen molar-refractivity contribution in [3.05, 3.63) is 52.2 Å². The molecule has 0 N–H and O–H groups in total. The van der Waals surface area contributed by atoms with Gasteiger partial charge in [-0.1, -0.05) is 35.9 Å². The van der Waals surface area contributed by atoms with Crippen molar-refractivity contribution in [1.82, 2.24) is 15.1 Å². The van der Waals surface area contributed by atoms with Crippen molar-refractivity contribution in [3.8, 4) is 17.4 Å². The molecule has 1 amide bonds. The number of aromatic nitrogens is 2. The summed E-state index contributed by atoms with van der Waals surface area (Å²) in [6.07, 6.45) is 6.45. The molecule has 2 aliphatic rings. The lowest BCUT2D eigenvalue weighted by Gasteiger charge is -2.17. The van der Waals surface area contributed by atoms with Crippen LogP contribution in [-0.4, -0.2) is 34.3 Å². The molecule has 2 aromatic rings. The number of aryl methyl sites for hydroxylation is 2. The number of carbonyl (C=O) groups excluding carboxylic acids is 1. The van der Waals surface area contributed by atoms with E-state index in [1.807, 2.05) is 25.1 Å². The Balaban J connectivity index is 1.63. The van der Waals surface area contributed by atoms with E-state index in [4.69, 9.17) is 21.1 Å². The molecule has 0 saturated carbocycles. The highest BCUT2D eigenvalue weighted by Gasteiger charge is 2.23. The number of nitrogens with zero attached hydrogens (tertiary/aromatic N) is 3. The number of amides is 1. The van der Waals surface area contributed by atoms with Crippen molar-refractivity contribution in [1.29, 1.82) is 0 Å². The zero-order chi connectivity index (χ0) is 18.1. The quantitative estimate of drug-likeness (QED) is 0.760. The highest BCUT2D eigenvalue weighted by molar-refractivity contribution is 6.29. The fraction of sp³-hybridized carbons (Fsp3) is 0.316. The molecule has 1 aliphatic carbocycles. The normalized spacial score (nSPS) is 15.2. The van der Waals surface area contributed by atoms with Crippen LogP contribution in [-0.2, 0) is 12.8 Å². The summed E-state index contributed by atoms with van der Waals surface area (Å²) in [6.45, 7) is 3.03. The van der Waals surface area contributed by atoms with Gasteiger partial charge in [-0.3, -0.25) is 0 Å². The third-order valence-electron chi connectivity index (χ3n) is 4.60. The maximum Gasteiger partial charge on any atom is 0.415 e. The highest BCUT2D eigenvalue weighted by atomic mass is 35.5. The van der Waals surface area contributed by atoms with E-state index in [9.17, 15) is 4.79 Å². The van der Waals surface area contributed by atoms with Crippen molar-refractivity contribution in [3.63, 3.8) is 0 Å². The largest absolute Gasteiger partial charge is 0.434 e. The zero-order valence-electron chi connectivity index (χ0n) is 14.4. The summed E-state index contributed by atoms with van der Waals surface area (Å²) >= 11 is 5.94. The van der Waals surface area contributed by atoms with Gasteiger partial charge in [0.05, 0.1) is 0 Å². The summed E-state index contributed by atoms with van der Waals surface area (Å²) in [5.41, 5.74) is 3.47. The van der Waals surface area contributed by atoms with Gasteiger partial charge in [-0.25, -0.2) is 4.79 Å². The Kier molecular flexibility index (Phi) is 4.51. The Bertz CT molecular complexity index is 890. The van der Waals surface area contributed by atoms with Crippen LogP contribution in [0.5, 0.6) is 17.4 Å². The number of halogens is 1. The van der Waals surface area contributed by atoms with Crippen molar-refractivity contribution < 1.29 is 14.3 Å². The summed E-state index contributed by atoms with van der Waals surface area (Å²) in [6, 6.07) is 5.62. The SMILES string of the molecule is Cc1ccc2c(c1Oc1nnc(Cl)cc1OC(=O)N1CC=CC1)CCC2. The predicted octanol–water partition coefficient (Wildman–Crippen LogP) is 4.09. The van der Waals surface area contributed by atoms with Crippen molar-refractivity contribution in [2.45, 2.75) is 26.2 Å². The van der Waals surface area contributed by atoms with Gasteiger partial charge in [0.2, 0.25) is 0 Å². The number of carbonyl (C=O) groups is 1. The molecule has 0 atom stereocenters. The third kappa shape index (κ3) is 3.24. The standard InChI is InChI=1S/C19H18ClN3O3/c1-12-7-8-13-5-4-6-14(13)17(12)26-18-15(11-16(20)21-22-18)25-19(24)23-9-2-3-10-23/h2-3,7-8,11H,4-6,9-10H2,1H3. The Labute approximate surface area is 156 Å². The number of fused-ring (bicyclic) bond motifs is 1. The fourth-order valence-corrected chi connectivity index (χ4v) is 3.40. The topological polar surface area (TPSA) is 64.6 Å². The summed E-state index contributed by atoms with van der Waals surface area (Å²) in [5, 5.41) is 7.98. The molecule has 4 rings (SSSR count). The van der Waals surface area contributed by atoms with Gasteiger partial charge in [0.15, 0.2) is 10.9 Å². The van der Waals surface area contributed by atoms with Crippen LogP contribution in [0.2, 0.25) is 5.15 Å². The molecule has 0 spiro atoms. The van der Waals surface area contributed by atoms with Gasteiger partial charge >= 0.3 is 6.09 Å². The minimum Gasteiger partial charge on any atom is -0.434 e. The Morgan fingerprint density at radius 1 is 1.19 bits per heavy atom. The number of hydrogen-bond donors (Lipinski definition) is 0. The van der Waals surface area contributed by atoms with Crippen LogP contribution < -0.4 is 9.47 Å². The van der Waals surface area contributed by atoms with Crippen LogP contribution in [0, 0.1) is 6.92 Å². The first-order valence-electron chi connectivity index (χ1n) is 8.56. The van der Waals surface area contributed by atoms with Crippen molar-refractivity contribution in [2.75, 3.05) is 13.1 Å². The Hall–Kier alpha value is -2.60. The van der Waals surface area contributed by atoms with E-state index in [0.717, 1.165) is 30.6 Å². The summed E-state index contributed by atoms with van der Waals surface area (Å²) < 4.78 is 11.5. The second-order valence-corrected chi connectivity index (χ2v) is 6.77. The first-order chi connectivity index (χ1) is 12.6. The average molecular weight is 372 g/mol. The van der Waals surface area contributed by atoms with Crippen LogP contribution in [0.3, 0.4) is 0 Å². The summed E-state index contributed by atoms with van der Waals surface area (Å²) in [7, 11) is 0. The van der Waals surface area contributed by atoms with E-state index in [-0.39, 0.29) is 16.8 Å². The second kappa shape index (κ2) is 6.96. The van der Waals surface area contributed by atoms with E-state index in [1.54, 1.807) is 4.90 Å². The number of ether oxygens (including phenoxy) is 2. The molecule has 1 aromatic carbocycles.